The van der Waals surface area contributed by atoms with Gasteiger partial charge in [-0.1, -0.05) is 19.9 Å². The Morgan fingerprint density at radius 3 is 2.53 bits per heavy atom. The molecule has 0 saturated heterocycles. The fourth-order valence-electron chi connectivity index (χ4n) is 1.97. The summed E-state index contributed by atoms with van der Waals surface area (Å²) in [6.45, 7) is 8.23. The lowest BCUT2D eigenvalue weighted by molar-refractivity contribution is 0.113. The van der Waals surface area contributed by atoms with Crippen molar-refractivity contribution >= 4 is 0 Å². The summed E-state index contributed by atoms with van der Waals surface area (Å²) in [6.07, 6.45) is 5.75. The van der Waals surface area contributed by atoms with Gasteiger partial charge in [0.15, 0.2) is 0 Å². The second-order valence-electron chi connectivity index (χ2n) is 4.84. The number of rotatable bonds is 7. The van der Waals surface area contributed by atoms with Crippen LogP contribution in [0.25, 0.3) is 0 Å². The van der Waals surface area contributed by atoms with Crippen LogP contribution in [0.2, 0.25) is 0 Å². The average Bonchev–Trinajstić information content (AvgIpc) is 2.35. The minimum absolute atomic E-state index is 0.0251. The molecule has 0 radical (unpaired) electrons. The molecule has 0 spiro atoms. The van der Waals surface area contributed by atoms with E-state index in [0.29, 0.717) is 0 Å². The monoisotopic (exact) mass is 236 g/mol. The van der Waals surface area contributed by atoms with Gasteiger partial charge in [0.05, 0.1) is 0 Å². The lowest BCUT2D eigenvalue weighted by Crippen LogP contribution is -2.36. The normalized spacial score (nSPS) is 11.8. The molecule has 1 heterocycles. The standard InChI is InChI=1S/C14H24N2O/c1-4-14(5-2,11-17)10-16-9-13-6-12(3)7-15-8-13/h6-8,16-17H,4-5,9-11H2,1-3H3. The predicted octanol–water partition coefficient (Wildman–Crippen LogP) is 2.28. The Hall–Kier alpha value is -0.930. The molecule has 0 bridgehead atoms. The molecular formula is C14H24N2O. The molecule has 1 aromatic rings. The van der Waals surface area contributed by atoms with Crippen LogP contribution in [0.3, 0.4) is 0 Å². The van der Waals surface area contributed by atoms with Gasteiger partial charge in [0.2, 0.25) is 0 Å². The van der Waals surface area contributed by atoms with Gasteiger partial charge in [0.1, 0.15) is 0 Å². The lowest BCUT2D eigenvalue weighted by Gasteiger charge is -2.29. The zero-order chi connectivity index (χ0) is 12.7. The van der Waals surface area contributed by atoms with Crippen molar-refractivity contribution in [2.24, 2.45) is 5.41 Å². The van der Waals surface area contributed by atoms with E-state index in [4.69, 9.17) is 0 Å². The van der Waals surface area contributed by atoms with Crippen LogP contribution in [0, 0.1) is 12.3 Å². The van der Waals surface area contributed by atoms with Gasteiger partial charge < -0.3 is 10.4 Å². The highest BCUT2D eigenvalue weighted by Crippen LogP contribution is 2.24. The van der Waals surface area contributed by atoms with Crippen molar-refractivity contribution < 1.29 is 5.11 Å². The number of nitrogens with zero attached hydrogens (tertiary/aromatic N) is 1. The van der Waals surface area contributed by atoms with Crippen molar-refractivity contribution in [3.05, 3.63) is 29.6 Å². The first-order valence-electron chi connectivity index (χ1n) is 6.38. The number of pyridine rings is 1. The van der Waals surface area contributed by atoms with E-state index in [1.54, 1.807) is 0 Å². The quantitative estimate of drug-likeness (QED) is 0.763. The number of aliphatic hydroxyl groups is 1. The van der Waals surface area contributed by atoms with E-state index in [1.165, 1.54) is 11.1 Å². The maximum atomic E-state index is 9.47. The van der Waals surface area contributed by atoms with Crippen LogP contribution in [0.5, 0.6) is 0 Å². The third kappa shape index (κ3) is 4.10. The topological polar surface area (TPSA) is 45.1 Å². The first kappa shape index (κ1) is 14.1. The summed E-state index contributed by atoms with van der Waals surface area (Å²) < 4.78 is 0. The first-order chi connectivity index (χ1) is 8.15. The molecule has 2 N–H and O–H groups in total. The molecule has 0 aliphatic carbocycles. The largest absolute Gasteiger partial charge is 0.396 e. The molecule has 0 fully saturated rings. The van der Waals surface area contributed by atoms with Crippen LogP contribution in [-0.2, 0) is 6.54 Å². The van der Waals surface area contributed by atoms with Crippen molar-refractivity contribution in [2.75, 3.05) is 13.2 Å². The minimum atomic E-state index is 0.0251. The molecule has 0 aliphatic heterocycles. The highest BCUT2D eigenvalue weighted by Gasteiger charge is 2.24. The Morgan fingerprint density at radius 1 is 1.29 bits per heavy atom. The van der Waals surface area contributed by atoms with Crippen LogP contribution in [0.15, 0.2) is 18.5 Å². The first-order valence-corrected chi connectivity index (χ1v) is 6.38. The number of hydrogen-bond donors (Lipinski definition) is 2. The fourth-order valence-corrected chi connectivity index (χ4v) is 1.97. The second kappa shape index (κ2) is 6.72. The van der Waals surface area contributed by atoms with Gasteiger partial charge in [-0.25, -0.2) is 0 Å². The van der Waals surface area contributed by atoms with Gasteiger partial charge in [-0.2, -0.15) is 0 Å². The number of aryl methyl sites for hydroxylation is 1. The molecule has 3 heteroatoms. The lowest BCUT2D eigenvalue weighted by atomic mass is 9.83. The van der Waals surface area contributed by atoms with Gasteiger partial charge in [-0.05, 0) is 30.9 Å². The smallest absolute Gasteiger partial charge is 0.0499 e. The molecule has 1 rings (SSSR count). The molecule has 0 unspecified atom stereocenters. The number of aromatic nitrogens is 1. The van der Waals surface area contributed by atoms with Crippen LogP contribution in [-0.4, -0.2) is 23.2 Å². The zero-order valence-corrected chi connectivity index (χ0v) is 11.2. The highest BCUT2D eigenvalue weighted by atomic mass is 16.3. The van der Waals surface area contributed by atoms with E-state index >= 15 is 0 Å². The molecule has 0 amide bonds. The molecule has 96 valence electrons. The van der Waals surface area contributed by atoms with E-state index in [2.05, 4.69) is 30.2 Å². The summed E-state index contributed by atoms with van der Waals surface area (Å²) in [5.41, 5.74) is 2.41. The van der Waals surface area contributed by atoms with Crippen molar-refractivity contribution in [2.45, 2.75) is 40.2 Å². The number of nitrogens with one attached hydrogen (secondary N) is 1. The third-order valence-electron chi connectivity index (χ3n) is 3.60. The maximum absolute atomic E-state index is 9.47. The van der Waals surface area contributed by atoms with Gasteiger partial charge in [-0.3, -0.25) is 4.98 Å². The molecule has 0 aromatic carbocycles. The Balaban J connectivity index is 2.46. The third-order valence-corrected chi connectivity index (χ3v) is 3.60. The van der Waals surface area contributed by atoms with Gasteiger partial charge in [0.25, 0.3) is 0 Å². The molecule has 0 saturated carbocycles. The van der Waals surface area contributed by atoms with Gasteiger partial charge in [-0.15, -0.1) is 0 Å². The van der Waals surface area contributed by atoms with Crippen molar-refractivity contribution in [1.29, 1.82) is 0 Å². The minimum Gasteiger partial charge on any atom is -0.396 e. The average molecular weight is 236 g/mol. The molecule has 17 heavy (non-hydrogen) atoms. The summed E-state index contributed by atoms with van der Waals surface area (Å²) in [5, 5.41) is 12.9. The van der Waals surface area contributed by atoms with E-state index in [1.807, 2.05) is 19.3 Å². The van der Waals surface area contributed by atoms with Crippen molar-refractivity contribution in [3.8, 4) is 0 Å². The fraction of sp³-hybridized carbons (Fsp3) is 0.643. The maximum Gasteiger partial charge on any atom is 0.0499 e. The van der Waals surface area contributed by atoms with Gasteiger partial charge in [0, 0.05) is 37.5 Å². The Labute approximate surface area is 104 Å². The van der Waals surface area contributed by atoms with Crippen molar-refractivity contribution in [3.63, 3.8) is 0 Å². The van der Waals surface area contributed by atoms with E-state index in [0.717, 1.165) is 25.9 Å². The van der Waals surface area contributed by atoms with E-state index in [9.17, 15) is 5.11 Å². The number of aliphatic hydroxyl groups excluding tert-OH is 1. The predicted molar refractivity (Wildman–Crippen MR) is 70.8 cm³/mol. The molecule has 1 aromatic heterocycles. The van der Waals surface area contributed by atoms with E-state index in [-0.39, 0.29) is 12.0 Å². The van der Waals surface area contributed by atoms with Crippen LogP contribution in [0.1, 0.15) is 37.8 Å². The summed E-state index contributed by atoms with van der Waals surface area (Å²) in [4.78, 5) is 4.17. The molecule has 0 aliphatic rings. The summed E-state index contributed by atoms with van der Waals surface area (Å²) in [7, 11) is 0. The molecule has 0 atom stereocenters. The van der Waals surface area contributed by atoms with Crippen LogP contribution in [0.4, 0.5) is 0 Å². The van der Waals surface area contributed by atoms with Crippen LogP contribution < -0.4 is 5.32 Å². The highest BCUT2D eigenvalue weighted by molar-refractivity contribution is 5.16. The zero-order valence-electron chi connectivity index (χ0n) is 11.2. The second-order valence-corrected chi connectivity index (χ2v) is 4.84. The summed E-state index contributed by atoms with van der Waals surface area (Å²) in [5.74, 6) is 0. The molecular weight excluding hydrogens is 212 g/mol. The Kier molecular flexibility index (Phi) is 5.59. The van der Waals surface area contributed by atoms with Gasteiger partial charge >= 0.3 is 0 Å². The number of hydrogen-bond acceptors (Lipinski definition) is 3. The summed E-state index contributed by atoms with van der Waals surface area (Å²) in [6, 6.07) is 2.14. The SMILES string of the molecule is CCC(CC)(CO)CNCc1cncc(C)c1. The Morgan fingerprint density at radius 2 is 2.00 bits per heavy atom. The van der Waals surface area contributed by atoms with E-state index < -0.39 is 0 Å². The van der Waals surface area contributed by atoms with Crippen molar-refractivity contribution in [1.82, 2.24) is 10.3 Å². The molecule has 3 nitrogen and oxygen atoms in total. The van der Waals surface area contributed by atoms with Crippen LogP contribution >= 0.6 is 0 Å². The Bertz CT molecular complexity index is 326. The summed E-state index contributed by atoms with van der Waals surface area (Å²) >= 11 is 0.